The molecule has 2 aliphatic rings. The van der Waals surface area contributed by atoms with Crippen LogP contribution in [-0.4, -0.2) is 60.4 Å². The third-order valence-electron chi connectivity index (χ3n) is 5.10. The number of amides is 2. The lowest BCUT2D eigenvalue weighted by molar-refractivity contribution is -0.126. The molecule has 24 heavy (non-hydrogen) atoms. The standard InChI is InChI=1S/C18H27N3O2S/c1-3-15-13(2)12-16(24-15)18(23)21-10-8-20(9-11-21)14-6-4-5-7-19-17(14)22/h12,14H,3-11H2,1-2H3,(H,19,22)/t14-/m0/s1. The third-order valence-corrected chi connectivity index (χ3v) is 6.47. The van der Waals surface area contributed by atoms with Crippen LogP contribution in [0.25, 0.3) is 0 Å². The minimum absolute atomic E-state index is 0.0135. The molecule has 0 radical (unpaired) electrons. The second kappa shape index (κ2) is 7.66. The Morgan fingerprint density at radius 2 is 2.04 bits per heavy atom. The van der Waals surface area contributed by atoms with Gasteiger partial charge in [0.05, 0.1) is 10.9 Å². The van der Waals surface area contributed by atoms with Crippen molar-refractivity contribution < 1.29 is 9.59 Å². The van der Waals surface area contributed by atoms with E-state index in [2.05, 4.69) is 24.1 Å². The molecule has 1 aromatic heterocycles. The average molecular weight is 350 g/mol. The molecular formula is C18H27N3O2S. The molecule has 3 heterocycles. The first-order chi connectivity index (χ1) is 11.6. The molecule has 132 valence electrons. The van der Waals surface area contributed by atoms with Crippen molar-refractivity contribution in [3.63, 3.8) is 0 Å². The van der Waals surface area contributed by atoms with Crippen LogP contribution in [0.4, 0.5) is 0 Å². The van der Waals surface area contributed by atoms with Crippen molar-refractivity contribution in [2.24, 2.45) is 0 Å². The second-order valence-corrected chi connectivity index (χ2v) is 7.84. The number of piperazine rings is 1. The number of carbonyl (C=O) groups excluding carboxylic acids is 2. The maximum atomic E-state index is 12.7. The van der Waals surface area contributed by atoms with Crippen LogP contribution in [0.2, 0.25) is 0 Å². The number of hydrogen-bond donors (Lipinski definition) is 1. The molecule has 1 aromatic rings. The summed E-state index contributed by atoms with van der Waals surface area (Å²) in [5.41, 5.74) is 1.22. The molecule has 1 atom stereocenters. The van der Waals surface area contributed by atoms with Gasteiger partial charge in [-0.05, 0) is 44.2 Å². The lowest BCUT2D eigenvalue weighted by Crippen LogP contribution is -2.55. The molecule has 2 saturated heterocycles. The van der Waals surface area contributed by atoms with Gasteiger partial charge in [-0.1, -0.05) is 6.92 Å². The van der Waals surface area contributed by atoms with Gasteiger partial charge in [-0.3, -0.25) is 14.5 Å². The third kappa shape index (κ3) is 3.64. The van der Waals surface area contributed by atoms with Crippen LogP contribution in [-0.2, 0) is 11.2 Å². The van der Waals surface area contributed by atoms with Gasteiger partial charge in [0.25, 0.3) is 5.91 Å². The molecular weight excluding hydrogens is 322 g/mol. The Morgan fingerprint density at radius 1 is 1.29 bits per heavy atom. The summed E-state index contributed by atoms with van der Waals surface area (Å²) in [6, 6.07) is 2.01. The Bertz CT molecular complexity index is 605. The zero-order valence-electron chi connectivity index (χ0n) is 14.6. The molecule has 0 unspecified atom stereocenters. The summed E-state index contributed by atoms with van der Waals surface area (Å²) in [4.78, 5) is 31.3. The Balaban J connectivity index is 1.59. The van der Waals surface area contributed by atoms with E-state index in [0.29, 0.717) is 13.1 Å². The fraction of sp³-hybridized carbons (Fsp3) is 0.667. The number of nitrogens with zero attached hydrogens (tertiary/aromatic N) is 2. The summed E-state index contributed by atoms with van der Waals surface area (Å²) in [5.74, 6) is 0.307. The van der Waals surface area contributed by atoms with E-state index in [4.69, 9.17) is 0 Å². The van der Waals surface area contributed by atoms with Gasteiger partial charge in [-0.25, -0.2) is 0 Å². The number of hydrogen-bond acceptors (Lipinski definition) is 4. The highest BCUT2D eigenvalue weighted by molar-refractivity contribution is 7.14. The van der Waals surface area contributed by atoms with Crippen LogP contribution in [0, 0.1) is 6.92 Å². The highest BCUT2D eigenvalue weighted by Gasteiger charge is 2.31. The molecule has 0 aliphatic carbocycles. The largest absolute Gasteiger partial charge is 0.355 e. The van der Waals surface area contributed by atoms with Crippen LogP contribution in [0.1, 0.15) is 46.3 Å². The van der Waals surface area contributed by atoms with Crippen molar-refractivity contribution >= 4 is 23.2 Å². The smallest absolute Gasteiger partial charge is 0.264 e. The summed E-state index contributed by atoms with van der Waals surface area (Å²) in [6.45, 7) is 8.00. The van der Waals surface area contributed by atoms with E-state index in [1.807, 2.05) is 11.0 Å². The quantitative estimate of drug-likeness (QED) is 0.909. The number of rotatable bonds is 3. The molecule has 0 bridgehead atoms. The molecule has 0 spiro atoms. The van der Waals surface area contributed by atoms with E-state index in [-0.39, 0.29) is 17.9 Å². The minimum atomic E-state index is -0.0135. The second-order valence-electron chi connectivity index (χ2n) is 6.70. The molecule has 0 saturated carbocycles. The fourth-order valence-electron chi connectivity index (χ4n) is 3.64. The van der Waals surface area contributed by atoms with Crippen LogP contribution in [0.3, 0.4) is 0 Å². The topological polar surface area (TPSA) is 52.7 Å². The lowest BCUT2D eigenvalue weighted by atomic mass is 10.1. The normalized spacial score (nSPS) is 23.0. The predicted molar refractivity (Wildman–Crippen MR) is 96.6 cm³/mol. The van der Waals surface area contributed by atoms with E-state index >= 15 is 0 Å². The number of aryl methyl sites for hydroxylation is 2. The predicted octanol–water partition coefficient (Wildman–Crippen LogP) is 2.05. The maximum Gasteiger partial charge on any atom is 0.264 e. The monoisotopic (exact) mass is 349 g/mol. The van der Waals surface area contributed by atoms with Crippen molar-refractivity contribution in [3.8, 4) is 0 Å². The zero-order valence-corrected chi connectivity index (χ0v) is 15.5. The zero-order chi connectivity index (χ0) is 17.1. The average Bonchev–Trinajstić information content (AvgIpc) is 2.84. The number of carbonyl (C=O) groups is 2. The SMILES string of the molecule is CCc1sc(C(=O)N2CCN([C@H]3CCCCNC3=O)CC2)cc1C. The van der Waals surface area contributed by atoms with Crippen molar-refractivity contribution in [3.05, 3.63) is 21.4 Å². The minimum Gasteiger partial charge on any atom is -0.355 e. The van der Waals surface area contributed by atoms with Crippen LogP contribution in [0.15, 0.2) is 6.07 Å². The Labute approximate surface area is 148 Å². The van der Waals surface area contributed by atoms with Gasteiger partial charge >= 0.3 is 0 Å². The Hall–Kier alpha value is -1.40. The van der Waals surface area contributed by atoms with Crippen molar-refractivity contribution in [2.45, 2.75) is 45.6 Å². The highest BCUT2D eigenvalue weighted by Crippen LogP contribution is 2.24. The molecule has 0 aromatic carbocycles. The van der Waals surface area contributed by atoms with Gasteiger partial charge in [-0.2, -0.15) is 0 Å². The van der Waals surface area contributed by atoms with Gasteiger partial charge in [0.15, 0.2) is 0 Å². The van der Waals surface area contributed by atoms with E-state index in [1.54, 1.807) is 11.3 Å². The lowest BCUT2D eigenvalue weighted by Gasteiger charge is -2.38. The van der Waals surface area contributed by atoms with E-state index in [0.717, 1.165) is 50.2 Å². The Morgan fingerprint density at radius 3 is 2.71 bits per heavy atom. The maximum absolute atomic E-state index is 12.7. The van der Waals surface area contributed by atoms with E-state index in [9.17, 15) is 9.59 Å². The van der Waals surface area contributed by atoms with Crippen molar-refractivity contribution in [2.75, 3.05) is 32.7 Å². The van der Waals surface area contributed by atoms with Gasteiger partial charge < -0.3 is 10.2 Å². The van der Waals surface area contributed by atoms with Crippen molar-refractivity contribution in [1.82, 2.24) is 15.1 Å². The van der Waals surface area contributed by atoms with Gasteiger partial charge in [0.2, 0.25) is 5.91 Å². The van der Waals surface area contributed by atoms with Crippen LogP contribution in [0.5, 0.6) is 0 Å². The van der Waals surface area contributed by atoms with Gasteiger partial charge in [0.1, 0.15) is 0 Å². The van der Waals surface area contributed by atoms with Crippen molar-refractivity contribution in [1.29, 1.82) is 0 Å². The highest BCUT2D eigenvalue weighted by atomic mass is 32.1. The summed E-state index contributed by atoms with van der Waals surface area (Å²) in [5, 5.41) is 3.01. The van der Waals surface area contributed by atoms with E-state index < -0.39 is 0 Å². The Kier molecular flexibility index (Phi) is 5.56. The number of nitrogens with one attached hydrogen (secondary N) is 1. The molecule has 2 aliphatic heterocycles. The molecule has 2 fully saturated rings. The first-order valence-electron chi connectivity index (χ1n) is 9.00. The van der Waals surface area contributed by atoms with E-state index in [1.165, 1.54) is 10.4 Å². The molecule has 1 N–H and O–H groups in total. The summed E-state index contributed by atoms with van der Waals surface area (Å²) >= 11 is 1.62. The van der Waals surface area contributed by atoms with Crippen LogP contribution >= 0.6 is 11.3 Å². The first-order valence-corrected chi connectivity index (χ1v) is 9.82. The summed E-state index contributed by atoms with van der Waals surface area (Å²) in [7, 11) is 0. The molecule has 3 rings (SSSR count). The van der Waals surface area contributed by atoms with Gasteiger partial charge in [0, 0.05) is 37.6 Å². The molecule has 6 heteroatoms. The summed E-state index contributed by atoms with van der Waals surface area (Å²) in [6.07, 6.45) is 4.08. The molecule has 2 amide bonds. The first kappa shape index (κ1) is 17.4. The fourth-order valence-corrected chi connectivity index (χ4v) is 4.72. The molecule has 5 nitrogen and oxygen atoms in total. The van der Waals surface area contributed by atoms with Gasteiger partial charge in [-0.15, -0.1) is 11.3 Å². The summed E-state index contributed by atoms with van der Waals surface area (Å²) < 4.78 is 0. The number of thiophene rings is 1. The van der Waals surface area contributed by atoms with Crippen LogP contribution < -0.4 is 5.32 Å².